The molecule has 1 aromatic heterocycles. The Morgan fingerprint density at radius 3 is 2.67 bits per heavy atom. The maximum Gasteiger partial charge on any atom is 0.260 e. The number of para-hydroxylation sites is 1. The lowest BCUT2D eigenvalue weighted by Gasteiger charge is -2.29. The largest absolute Gasteiger partial charge is 0.379 e. The van der Waals surface area contributed by atoms with E-state index in [1.54, 1.807) is 17.0 Å². The van der Waals surface area contributed by atoms with Gasteiger partial charge in [-0.2, -0.15) is 0 Å². The van der Waals surface area contributed by atoms with Crippen molar-refractivity contribution in [2.45, 2.75) is 4.90 Å². The minimum atomic E-state index is -3.40. The first-order valence-electron chi connectivity index (χ1n) is 9.69. The number of nitrogens with zero attached hydrogens (tertiary/aromatic N) is 3. The number of aromatic nitrogens is 1. The van der Waals surface area contributed by atoms with Crippen LogP contribution in [0.4, 0.5) is 5.13 Å². The Kier molecular flexibility index (Phi) is 6.14. The smallest absolute Gasteiger partial charge is 0.260 e. The van der Waals surface area contributed by atoms with E-state index in [9.17, 15) is 13.2 Å². The molecule has 2 heterocycles. The maximum absolute atomic E-state index is 13.4. The number of fused-ring (bicyclic) bond motifs is 1. The van der Waals surface area contributed by atoms with Crippen LogP contribution in [0.5, 0.6) is 0 Å². The van der Waals surface area contributed by atoms with Crippen molar-refractivity contribution in [3.05, 3.63) is 54.1 Å². The summed E-state index contributed by atoms with van der Waals surface area (Å²) in [6.45, 7) is 4.17. The van der Waals surface area contributed by atoms with Crippen molar-refractivity contribution in [2.24, 2.45) is 0 Å². The lowest BCUT2D eigenvalue weighted by atomic mass is 10.2. The second-order valence-corrected chi connectivity index (χ2v) is 10.2. The number of hydrogen-bond donors (Lipinski definition) is 0. The Morgan fingerprint density at radius 1 is 1.17 bits per heavy atom. The lowest BCUT2D eigenvalue weighted by Crippen LogP contribution is -2.43. The highest BCUT2D eigenvalue weighted by Crippen LogP contribution is 2.29. The minimum Gasteiger partial charge on any atom is -0.379 e. The summed E-state index contributed by atoms with van der Waals surface area (Å²) in [5.74, 6) is -0.257. The van der Waals surface area contributed by atoms with Crippen LogP contribution in [0.25, 0.3) is 10.2 Å². The molecule has 30 heavy (non-hydrogen) atoms. The third-order valence-electron chi connectivity index (χ3n) is 5.01. The van der Waals surface area contributed by atoms with Crippen LogP contribution in [-0.4, -0.2) is 69.9 Å². The SMILES string of the molecule is CS(=O)(=O)c1cccc(C(=O)N(CCN2CCOCC2)c2nc3ccccc3s2)c1. The van der Waals surface area contributed by atoms with E-state index < -0.39 is 9.84 Å². The molecule has 3 aromatic rings. The molecule has 1 aliphatic rings. The van der Waals surface area contributed by atoms with Gasteiger partial charge in [0.05, 0.1) is 28.3 Å². The van der Waals surface area contributed by atoms with Gasteiger partial charge in [0.25, 0.3) is 5.91 Å². The third kappa shape index (κ3) is 4.70. The highest BCUT2D eigenvalue weighted by molar-refractivity contribution is 7.90. The van der Waals surface area contributed by atoms with E-state index in [4.69, 9.17) is 4.74 Å². The van der Waals surface area contributed by atoms with Crippen molar-refractivity contribution < 1.29 is 17.9 Å². The van der Waals surface area contributed by atoms with Crippen molar-refractivity contribution >= 4 is 42.4 Å². The van der Waals surface area contributed by atoms with Gasteiger partial charge in [0.15, 0.2) is 15.0 Å². The minimum absolute atomic E-state index is 0.130. The van der Waals surface area contributed by atoms with Gasteiger partial charge in [-0.1, -0.05) is 29.5 Å². The highest BCUT2D eigenvalue weighted by Gasteiger charge is 2.23. The fraction of sp³-hybridized carbons (Fsp3) is 0.333. The lowest BCUT2D eigenvalue weighted by molar-refractivity contribution is 0.0391. The first-order chi connectivity index (χ1) is 14.4. The van der Waals surface area contributed by atoms with E-state index in [0.29, 0.717) is 37.0 Å². The molecule has 0 saturated carbocycles. The number of hydrogen-bond acceptors (Lipinski definition) is 7. The van der Waals surface area contributed by atoms with Crippen LogP contribution in [0.3, 0.4) is 0 Å². The molecule has 1 fully saturated rings. The number of amides is 1. The van der Waals surface area contributed by atoms with Gasteiger partial charge in [0.1, 0.15) is 0 Å². The first kappa shape index (κ1) is 20.9. The standard InChI is InChI=1S/C21H23N3O4S2/c1-30(26,27)17-6-4-5-16(15-17)20(25)24(10-9-23-11-13-28-14-12-23)21-22-18-7-2-3-8-19(18)29-21/h2-8,15H,9-14H2,1H3. The molecule has 0 atom stereocenters. The second kappa shape index (κ2) is 8.81. The Hall–Kier alpha value is -2.33. The van der Waals surface area contributed by atoms with Gasteiger partial charge in [0, 0.05) is 38.0 Å². The fourth-order valence-corrected chi connectivity index (χ4v) is 5.00. The van der Waals surface area contributed by atoms with Gasteiger partial charge in [-0.05, 0) is 30.3 Å². The molecule has 7 nitrogen and oxygen atoms in total. The Morgan fingerprint density at radius 2 is 1.93 bits per heavy atom. The number of anilines is 1. The number of carbonyl (C=O) groups is 1. The summed E-state index contributed by atoms with van der Waals surface area (Å²) in [4.78, 5) is 22.1. The summed E-state index contributed by atoms with van der Waals surface area (Å²) in [6, 6.07) is 13.9. The first-order valence-corrected chi connectivity index (χ1v) is 12.4. The quantitative estimate of drug-likeness (QED) is 0.580. The van der Waals surface area contributed by atoms with E-state index in [2.05, 4.69) is 9.88 Å². The summed E-state index contributed by atoms with van der Waals surface area (Å²) in [7, 11) is -3.40. The highest BCUT2D eigenvalue weighted by atomic mass is 32.2. The van der Waals surface area contributed by atoms with Crippen LogP contribution < -0.4 is 4.90 Å². The van der Waals surface area contributed by atoms with Gasteiger partial charge in [-0.3, -0.25) is 14.6 Å². The van der Waals surface area contributed by atoms with Crippen LogP contribution in [0, 0.1) is 0 Å². The topological polar surface area (TPSA) is 79.8 Å². The van der Waals surface area contributed by atoms with E-state index >= 15 is 0 Å². The van der Waals surface area contributed by atoms with Crippen molar-refractivity contribution in [1.29, 1.82) is 0 Å². The molecule has 4 rings (SSSR count). The van der Waals surface area contributed by atoms with Gasteiger partial charge < -0.3 is 4.74 Å². The Balaban J connectivity index is 1.66. The Bertz CT molecular complexity index is 1120. The van der Waals surface area contributed by atoms with Crippen molar-refractivity contribution in [2.75, 3.05) is 50.5 Å². The van der Waals surface area contributed by atoms with Crippen molar-refractivity contribution in [1.82, 2.24) is 9.88 Å². The molecule has 158 valence electrons. The predicted octanol–water partition coefficient (Wildman–Crippen LogP) is 2.68. The maximum atomic E-state index is 13.4. The number of sulfone groups is 1. The summed E-state index contributed by atoms with van der Waals surface area (Å²) in [5, 5.41) is 0.610. The summed E-state index contributed by atoms with van der Waals surface area (Å²) < 4.78 is 30.3. The summed E-state index contributed by atoms with van der Waals surface area (Å²) >= 11 is 1.46. The molecule has 0 spiro atoms. The van der Waals surface area contributed by atoms with Crippen molar-refractivity contribution in [3.63, 3.8) is 0 Å². The summed E-state index contributed by atoms with van der Waals surface area (Å²) in [6.07, 6.45) is 1.14. The molecule has 0 unspecified atom stereocenters. The van der Waals surface area contributed by atoms with E-state index in [1.807, 2.05) is 24.3 Å². The van der Waals surface area contributed by atoms with Gasteiger partial charge in [-0.15, -0.1) is 0 Å². The monoisotopic (exact) mass is 445 g/mol. The van der Waals surface area contributed by atoms with E-state index in [1.165, 1.54) is 23.5 Å². The number of benzene rings is 2. The number of thiazole rings is 1. The molecule has 9 heteroatoms. The zero-order valence-electron chi connectivity index (χ0n) is 16.7. The molecule has 1 aliphatic heterocycles. The van der Waals surface area contributed by atoms with E-state index in [0.717, 1.165) is 29.6 Å². The molecular weight excluding hydrogens is 422 g/mol. The molecule has 0 radical (unpaired) electrons. The number of carbonyl (C=O) groups excluding carboxylic acids is 1. The number of ether oxygens (including phenoxy) is 1. The van der Waals surface area contributed by atoms with Gasteiger partial charge in [0.2, 0.25) is 0 Å². The number of rotatable bonds is 6. The third-order valence-corrected chi connectivity index (χ3v) is 7.18. The molecule has 0 N–H and O–H groups in total. The molecule has 2 aromatic carbocycles. The number of morpholine rings is 1. The summed E-state index contributed by atoms with van der Waals surface area (Å²) in [5.41, 5.74) is 1.17. The molecule has 1 amide bonds. The van der Waals surface area contributed by atoms with Crippen molar-refractivity contribution in [3.8, 4) is 0 Å². The predicted molar refractivity (Wildman–Crippen MR) is 118 cm³/mol. The average molecular weight is 446 g/mol. The zero-order valence-corrected chi connectivity index (χ0v) is 18.3. The van der Waals surface area contributed by atoms with Gasteiger partial charge >= 0.3 is 0 Å². The molecule has 0 bridgehead atoms. The van der Waals surface area contributed by atoms with Gasteiger partial charge in [-0.25, -0.2) is 13.4 Å². The van der Waals surface area contributed by atoms with Crippen LogP contribution in [0.15, 0.2) is 53.4 Å². The molecule has 1 saturated heterocycles. The average Bonchev–Trinajstić information content (AvgIpc) is 3.18. The normalized spacial score (nSPS) is 15.4. The Labute approximate surface area is 179 Å². The van der Waals surface area contributed by atoms with Crippen LogP contribution >= 0.6 is 11.3 Å². The van der Waals surface area contributed by atoms with Crippen LogP contribution in [0.2, 0.25) is 0 Å². The molecular formula is C21H23N3O4S2. The fourth-order valence-electron chi connectivity index (χ4n) is 3.34. The second-order valence-electron chi connectivity index (χ2n) is 7.17. The zero-order chi connectivity index (χ0) is 21.1. The van der Waals surface area contributed by atoms with E-state index in [-0.39, 0.29) is 10.8 Å². The van der Waals surface area contributed by atoms with Crippen LogP contribution in [0.1, 0.15) is 10.4 Å². The van der Waals surface area contributed by atoms with Crippen LogP contribution in [-0.2, 0) is 14.6 Å². The molecule has 0 aliphatic carbocycles.